The average Bonchev–Trinajstić information content (AvgIpc) is 3.11. The lowest BCUT2D eigenvalue weighted by Crippen LogP contribution is -2.45. The van der Waals surface area contributed by atoms with Crippen molar-refractivity contribution < 1.29 is 14.7 Å². The minimum Gasteiger partial charge on any atom is -0.465 e. The summed E-state index contributed by atoms with van der Waals surface area (Å²) >= 11 is 1.18. The van der Waals surface area contributed by atoms with Crippen molar-refractivity contribution in [3.8, 4) is 0 Å². The number of aromatic amines is 1. The highest BCUT2D eigenvalue weighted by Crippen LogP contribution is 2.27. The number of amides is 2. The van der Waals surface area contributed by atoms with Crippen LogP contribution in [0.1, 0.15) is 36.8 Å². The highest BCUT2D eigenvalue weighted by atomic mass is 32.1. The molecule has 2 amide bonds. The van der Waals surface area contributed by atoms with Crippen LogP contribution in [-0.4, -0.2) is 39.7 Å². The van der Waals surface area contributed by atoms with Crippen molar-refractivity contribution in [2.45, 2.75) is 32.9 Å². The van der Waals surface area contributed by atoms with Gasteiger partial charge in [-0.15, -0.1) is 11.3 Å². The fourth-order valence-corrected chi connectivity index (χ4v) is 4.02. The van der Waals surface area contributed by atoms with Crippen LogP contribution in [0.5, 0.6) is 0 Å². The van der Waals surface area contributed by atoms with Crippen LogP contribution >= 0.6 is 11.3 Å². The molecule has 0 saturated heterocycles. The SMILES string of the molecule is CNc1cccc2cc(C(=O)NCc3csc(N(C(=O)O)C(C)(C)C)n3)c(=O)[nH]c12. The van der Waals surface area contributed by atoms with Crippen LogP contribution in [0.15, 0.2) is 34.4 Å². The van der Waals surface area contributed by atoms with E-state index in [1.807, 2.05) is 18.2 Å². The third-order valence-electron chi connectivity index (χ3n) is 4.42. The van der Waals surface area contributed by atoms with Gasteiger partial charge in [0.2, 0.25) is 0 Å². The van der Waals surface area contributed by atoms with E-state index < -0.39 is 23.1 Å². The van der Waals surface area contributed by atoms with Crippen molar-refractivity contribution in [3.63, 3.8) is 0 Å². The summed E-state index contributed by atoms with van der Waals surface area (Å²) in [7, 11) is 1.75. The molecule has 0 aliphatic rings. The van der Waals surface area contributed by atoms with Crippen molar-refractivity contribution in [1.29, 1.82) is 0 Å². The molecule has 0 spiro atoms. The zero-order valence-electron chi connectivity index (χ0n) is 17.1. The number of thiazole rings is 1. The third-order valence-corrected chi connectivity index (χ3v) is 5.29. The number of nitrogens with one attached hydrogen (secondary N) is 3. The fourth-order valence-electron chi connectivity index (χ4n) is 3.01. The van der Waals surface area contributed by atoms with Crippen molar-refractivity contribution in [2.75, 3.05) is 17.3 Å². The van der Waals surface area contributed by atoms with Gasteiger partial charge in [-0.2, -0.15) is 0 Å². The minimum absolute atomic E-state index is 0.00643. The van der Waals surface area contributed by atoms with E-state index in [0.717, 1.165) is 11.1 Å². The van der Waals surface area contributed by atoms with Gasteiger partial charge in [0.15, 0.2) is 5.13 Å². The Kier molecular flexibility index (Phi) is 5.79. The summed E-state index contributed by atoms with van der Waals surface area (Å²) in [5.41, 5.74) is 0.734. The Bertz CT molecular complexity index is 1160. The molecule has 1 aromatic carbocycles. The molecule has 3 rings (SSSR count). The Morgan fingerprint density at radius 2 is 2.03 bits per heavy atom. The van der Waals surface area contributed by atoms with E-state index in [9.17, 15) is 19.5 Å². The van der Waals surface area contributed by atoms with Gasteiger partial charge in [0.05, 0.1) is 23.4 Å². The zero-order chi connectivity index (χ0) is 22.1. The number of fused-ring (bicyclic) bond motifs is 1. The quantitative estimate of drug-likeness (QED) is 0.493. The first-order valence-electron chi connectivity index (χ1n) is 9.21. The van der Waals surface area contributed by atoms with Gasteiger partial charge in [-0.1, -0.05) is 12.1 Å². The number of H-pyrrole nitrogens is 1. The molecule has 2 aromatic heterocycles. The van der Waals surface area contributed by atoms with Crippen LogP contribution in [0.4, 0.5) is 15.6 Å². The lowest BCUT2D eigenvalue weighted by molar-refractivity contribution is 0.0949. The summed E-state index contributed by atoms with van der Waals surface area (Å²) in [5.74, 6) is -0.534. The van der Waals surface area contributed by atoms with E-state index in [1.165, 1.54) is 16.2 Å². The third kappa shape index (κ3) is 4.28. The normalized spacial score (nSPS) is 11.3. The maximum atomic E-state index is 12.6. The summed E-state index contributed by atoms with van der Waals surface area (Å²) in [4.78, 5) is 44.8. The largest absolute Gasteiger partial charge is 0.465 e. The van der Waals surface area contributed by atoms with E-state index in [0.29, 0.717) is 16.3 Å². The molecule has 0 bridgehead atoms. The standard InChI is InChI=1S/C20H23N5O4S/c1-20(2,3)25(19(28)29)18-23-12(10-30-18)9-22-16(26)13-8-11-6-5-7-14(21-4)15(11)24-17(13)27/h5-8,10,21H,9H2,1-4H3,(H,22,26)(H,24,27)(H,28,29). The molecule has 30 heavy (non-hydrogen) atoms. The van der Waals surface area contributed by atoms with Crippen molar-refractivity contribution >= 4 is 45.1 Å². The van der Waals surface area contributed by atoms with Crippen LogP contribution in [0.25, 0.3) is 10.9 Å². The van der Waals surface area contributed by atoms with Gasteiger partial charge in [-0.3, -0.25) is 9.59 Å². The highest BCUT2D eigenvalue weighted by molar-refractivity contribution is 7.14. The second-order valence-electron chi connectivity index (χ2n) is 7.62. The predicted molar refractivity (Wildman–Crippen MR) is 118 cm³/mol. The fraction of sp³-hybridized carbons (Fsp3) is 0.300. The van der Waals surface area contributed by atoms with Gasteiger partial charge in [0.25, 0.3) is 11.5 Å². The zero-order valence-corrected chi connectivity index (χ0v) is 17.9. The number of nitrogens with zero attached hydrogens (tertiary/aromatic N) is 2. The average molecular weight is 430 g/mol. The van der Waals surface area contributed by atoms with Crippen LogP contribution in [0.3, 0.4) is 0 Å². The molecule has 0 radical (unpaired) electrons. The van der Waals surface area contributed by atoms with E-state index >= 15 is 0 Å². The summed E-state index contributed by atoms with van der Waals surface area (Å²) in [6.45, 7) is 5.39. The van der Waals surface area contributed by atoms with Gasteiger partial charge in [0.1, 0.15) is 5.56 Å². The summed E-state index contributed by atoms with van der Waals surface area (Å²) in [5, 5.41) is 17.9. The number of rotatable bonds is 5. The summed E-state index contributed by atoms with van der Waals surface area (Å²) in [6.07, 6.45) is -1.10. The van der Waals surface area contributed by atoms with E-state index in [-0.39, 0.29) is 12.1 Å². The molecule has 0 saturated carbocycles. The molecule has 2 heterocycles. The molecular weight excluding hydrogens is 406 g/mol. The first kappa shape index (κ1) is 21.3. The molecule has 0 fully saturated rings. The lowest BCUT2D eigenvalue weighted by Gasteiger charge is -2.30. The van der Waals surface area contributed by atoms with Crippen molar-refractivity contribution in [1.82, 2.24) is 15.3 Å². The number of hydrogen-bond acceptors (Lipinski definition) is 6. The number of benzene rings is 1. The van der Waals surface area contributed by atoms with Gasteiger partial charge in [0, 0.05) is 23.4 Å². The van der Waals surface area contributed by atoms with Crippen LogP contribution < -0.4 is 21.1 Å². The van der Waals surface area contributed by atoms with E-state index in [2.05, 4.69) is 20.6 Å². The summed E-state index contributed by atoms with van der Waals surface area (Å²) < 4.78 is 0. The van der Waals surface area contributed by atoms with Crippen molar-refractivity contribution in [2.24, 2.45) is 0 Å². The van der Waals surface area contributed by atoms with E-state index in [1.54, 1.807) is 39.3 Å². The smallest absolute Gasteiger partial charge is 0.414 e. The number of pyridine rings is 1. The monoisotopic (exact) mass is 429 g/mol. The second kappa shape index (κ2) is 8.15. The minimum atomic E-state index is -1.10. The summed E-state index contributed by atoms with van der Waals surface area (Å²) in [6, 6.07) is 7.01. The number of para-hydroxylation sites is 1. The molecule has 158 valence electrons. The van der Waals surface area contributed by atoms with Gasteiger partial charge in [-0.05, 0) is 32.9 Å². The number of hydrogen-bond donors (Lipinski definition) is 4. The number of aromatic nitrogens is 2. The van der Waals surface area contributed by atoms with Gasteiger partial charge in [-0.25, -0.2) is 14.7 Å². The highest BCUT2D eigenvalue weighted by Gasteiger charge is 2.30. The first-order valence-corrected chi connectivity index (χ1v) is 10.1. The van der Waals surface area contributed by atoms with Crippen LogP contribution in [0, 0.1) is 0 Å². The molecule has 0 aliphatic carbocycles. The molecule has 0 atom stereocenters. The number of carbonyl (C=O) groups excluding carboxylic acids is 1. The molecule has 10 heteroatoms. The predicted octanol–water partition coefficient (Wildman–Crippen LogP) is 3.24. The Labute approximate surface area is 176 Å². The number of carboxylic acid groups (broad SMARTS) is 1. The van der Waals surface area contributed by atoms with Gasteiger partial charge >= 0.3 is 6.09 Å². The number of carbonyl (C=O) groups is 2. The molecule has 0 unspecified atom stereocenters. The van der Waals surface area contributed by atoms with Gasteiger partial charge < -0.3 is 20.7 Å². The Hall–Kier alpha value is -3.40. The molecule has 3 aromatic rings. The Balaban J connectivity index is 1.78. The topological polar surface area (TPSA) is 127 Å². The van der Waals surface area contributed by atoms with Crippen LogP contribution in [0.2, 0.25) is 0 Å². The Morgan fingerprint density at radius 1 is 1.30 bits per heavy atom. The number of anilines is 2. The molecule has 0 aliphatic heterocycles. The maximum Gasteiger partial charge on any atom is 0.414 e. The second-order valence-corrected chi connectivity index (χ2v) is 8.46. The van der Waals surface area contributed by atoms with E-state index in [4.69, 9.17) is 0 Å². The maximum absolute atomic E-state index is 12.6. The molecule has 9 nitrogen and oxygen atoms in total. The Morgan fingerprint density at radius 3 is 2.67 bits per heavy atom. The van der Waals surface area contributed by atoms with Crippen molar-refractivity contribution in [3.05, 3.63) is 51.3 Å². The first-order chi connectivity index (χ1) is 14.1. The lowest BCUT2D eigenvalue weighted by atomic mass is 10.1. The van der Waals surface area contributed by atoms with Crippen LogP contribution in [-0.2, 0) is 6.54 Å². The molecular formula is C20H23N5O4S. The molecule has 4 N–H and O–H groups in total.